The summed E-state index contributed by atoms with van der Waals surface area (Å²) in [4.78, 5) is 3.99. The molecular weight excluding hydrogens is 280 g/mol. The highest BCUT2D eigenvalue weighted by Gasteiger charge is 2.07. The molecule has 3 nitrogen and oxygen atoms in total. The molecule has 1 aromatic heterocycles. The number of aromatic nitrogens is 1. The molecule has 0 saturated heterocycles. The van der Waals surface area contributed by atoms with Crippen molar-refractivity contribution >= 4 is 21.6 Å². The SMILES string of the molecule is Cc1cc(C)c(Oc2ccncc2Br)cc1N. The van der Waals surface area contributed by atoms with Crippen LogP contribution in [0.5, 0.6) is 11.5 Å². The van der Waals surface area contributed by atoms with E-state index in [1.807, 2.05) is 26.0 Å². The Hall–Kier alpha value is -1.55. The number of pyridine rings is 1. The van der Waals surface area contributed by atoms with E-state index >= 15 is 0 Å². The second kappa shape index (κ2) is 4.75. The summed E-state index contributed by atoms with van der Waals surface area (Å²) in [5.74, 6) is 1.49. The molecule has 0 aliphatic rings. The van der Waals surface area contributed by atoms with Crippen LogP contribution in [0.3, 0.4) is 0 Å². The average molecular weight is 293 g/mol. The first-order valence-corrected chi connectivity index (χ1v) is 6.01. The Morgan fingerprint density at radius 1 is 1.18 bits per heavy atom. The normalized spacial score (nSPS) is 10.3. The molecule has 0 amide bonds. The van der Waals surface area contributed by atoms with Crippen molar-refractivity contribution in [2.24, 2.45) is 0 Å². The summed E-state index contributed by atoms with van der Waals surface area (Å²) >= 11 is 3.39. The lowest BCUT2D eigenvalue weighted by Gasteiger charge is -2.12. The first-order chi connectivity index (χ1) is 8.08. The van der Waals surface area contributed by atoms with E-state index in [1.54, 1.807) is 18.5 Å². The van der Waals surface area contributed by atoms with E-state index in [0.29, 0.717) is 0 Å². The summed E-state index contributed by atoms with van der Waals surface area (Å²) < 4.78 is 6.63. The van der Waals surface area contributed by atoms with Gasteiger partial charge in [-0.05, 0) is 40.9 Å². The van der Waals surface area contributed by atoms with E-state index in [9.17, 15) is 0 Å². The Kier molecular flexibility index (Phi) is 3.33. The van der Waals surface area contributed by atoms with Gasteiger partial charge >= 0.3 is 0 Å². The van der Waals surface area contributed by atoms with Crippen molar-refractivity contribution in [2.45, 2.75) is 13.8 Å². The van der Waals surface area contributed by atoms with Crippen LogP contribution < -0.4 is 10.5 Å². The summed E-state index contributed by atoms with van der Waals surface area (Å²) in [6.45, 7) is 3.98. The number of benzene rings is 1. The zero-order valence-corrected chi connectivity index (χ0v) is 11.3. The summed E-state index contributed by atoms with van der Waals surface area (Å²) in [6.07, 6.45) is 3.38. The molecule has 4 heteroatoms. The Morgan fingerprint density at radius 2 is 1.94 bits per heavy atom. The Balaban J connectivity index is 2.37. The Bertz CT molecular complexity index is 555. The van der Waals surface area contributed by atoms with Crippen LogP contribution in [-0.4, -0.2) is 4.98 Å². The van der Waals surface area contributed by atoms with Gasteiger partial charge in [-0.15, -0.1) is 0 Å². The van der Waals surface area contributed by atoms with Crippen molar-refractivity contribution in [2.75, 3.05) is 5.73 Å². The molecule has 0 aliphatic carbocycles. The molecular formula is C13H13BrN2O. The fourth-order valence-electron chi connectivity index (χ4n) is 1.52. The highest BCUT2D eigenvalue weighted by Crippen LogP contribution is 2.32. The molecule has 0 spiro atoms. The monoisotopic (exact) mass is 292 g/mol. The zero-order chi connectivity index (χ0) is 12.4. The lowest BCUT2D eigenvalue weighted by Crippen LogP contribution is -1.94. The van der Waals surface area contributed by atoms with Gasteiger partial charge in [0.1, 0.15) is 11.5 Å². The van der Waals surface area contributed by atoms with Crippen LogP contribution >= 0.6 is 15.9 Å². The third-order valence-corrected chi connectivity index (χ3v) is 3.11. The Labute approximate surface area is 109 Å². The van der Waals surface area contributed by atoms with E-state index in [2.05, 4.69) is 20.9 Å². The highest BCUT2D eigenvalue weighted by molar-refractivity contribution is 9.10. The topological polar surface area (TPSA) is 48.1 Å². The summed E-state index contributed by atoms with van der Waals surface area (Å²) in [5.41, 5.74) is 8.72. The number of hydrogen-bond acceptors (Lipinski definition) is 3. The lowest BCUT2D eigenvalue weighted by molar-refractivity contribution is 0.475. The molecule has 0 saturated carbocycles. The number of nitrogens with zero attached hydrogens (tertiary/aromatic N) is 1. The van der Waals surface area contributed by atoms with Gasteiger partial charge < -0.3 is 10.5 Å². The number of ether oxygens (including phenoxy) is 1. The third-order valence-electron chi connectivity index (χ3n) is 2.52. The van der Waals surface area contributed by atoms with Crippen molar-refractivity contribution < 1.29 is 4.74 Å². The molecule has 17 heavy (non-hydrogen) atoms. The molecule has 2 aromatic rings. The number of hydrogen-bond donors (Lipinski definition) is 1. The number of rotatable bonds is 2. The van der Waals surface area contributed by atoms with Crippen molar-refractivity contribution in [1.82, 2.24) is 4.98 Å². The van der Waals surface area contributed by atoms with Crippen LogP contribution in [0.2, 0.25) is 0 Å². The summed E-state index contributed by atoms with van der Waals surface area (Å²) in [6, 6.07) is 5.66. The molecule has 1 heterocycles. The smallest absolute Gasteiger partial charge is 0.144 e. The molecule has 2 N–H and O–H groups in total. The minimum atomic E-state index is 0.728. The van der Waals surface area contributed by atoms with Gasteiger partial charge in [0.15, 0.2) is 0 Å². The second-order valence-electron chi connectivity index (χ2n) is 3.88. The van der Waals surface area contributed by atoms with E-state index in [4.69, 9.17) is 10.5 Å². The lowest BCUT2D eigenvalue weighted by atomic mass is 10.1. The van der Waals surface area contributed by atoms with Gasteiger partial charge in [-0.3, -0.25) is 4.98 Å². The number of nitrogens with two attached hydrogens (primary N) is 1. The molecule has 0 radical (unpaired) electrons. The molecule has 0 bridgehead atoms. The van der Waals surface area contributed by atoms with Gasteiger partial charge in [0.2, 0.25) is 0 Å². The fraction of sp³-hybridized carbons (Fsp3) is 0.154. The minimum Gasteiger partial charge on any atom is -0.456 e. The number of anilines is 1. The van der Waals surface area contributed by atoms with E-state index in [0.717, 1.165) is 32.8 Å². The molecule has 0 atom stereocenters. The number of aryl methyl sites for hydroxylation is 2. The second-order valence-corrected chi connectivity index (χ2v) is 4.74. The molecule has 0 unspecified atom stereocenters. The number of halogens is 1. The first kappa shape index (κ1) is 11.9. The van der Waals surface area contributed by atoms with Gasteiger partial charge in [-0.25, -0.2) is 0 Å². The molecule has 0 aliphatic heterocycles. The molecule has 0 fully saturated rings. The summed E-state index contributed by atoms with van der Waals surface area (Å²) in [5, 5.41) is 0. The number of nitrogen functional groups attached to an aromatic ring is 1. The van der Waals surface area contributed by atoms with Gasteiger partial charge in [-0.1, -0.05) is 6.07 Å². The average Bonchev–Trinajstić information content (AvgIpc) is 2.29. The van der Waals surface area contributed by atoms with Crippen molar-refractivity contribution in [1.29, 1.82) is 0 Å². The standard InChI is InChI=1S/C13H13BrN2O/c1-8-5-9(2)13(6-11(8)15)17-12-3-4-16-7-10(12)14/h3-7H,15H2,1-2H3. The summed E-state index contributed by atoms with van der Waals surface area (Å²) in [7, 11) is 0. The van der Waals surface area contributed by atoms with Gasteiger partial charge in [-0.2, -0.15) is 0 Å². The highest BCUT2D eigenvalue weighted by atomic mass is 79.9. The quantitative estimate of drug-likeness (QED) is 0.856. The van der Waals surface area contributed by atoms with Crippen LogP contribution in [-0.2, 0) is 0 Å². The van der Waals surface area contributed by atoms with E-state index in [-0.39, 0.29) is 0 Å². The van der Waals surface area contributed by atoms with Gasteiger partial charge in [0.05, 0.1) is 4.47 Å². The van der Waals surface area contributed by atoms with E-state index < -0.39 is 0 Å². The van der Waals surface area contributed by atoms with Crippen LogP contribution in [0, 0.1) is 13.8 Å². The van der Waals surface area contributed by atoms with Crippen molar-refractivity contribution in [3.05, 3.63) is 46.2 Å². The van der Waals surface area contributed by atoms with Crippen LogP contribution in [0.1, 0.15) is 11.1 Å². The predicted octanol–water partition coefficient (Wildman–Crippen LogP) is 3.84. The van der Waals surface area contributed by atoms with Crippen LogP contribution in [0.15, 0.2) is 35.1 Å². The van der Waals surface area contributed by atoms with Crippen molar-refractivity contribution in [3.8, 4) is 11.5 Å². The largest absolute Gasteiger partial charge is 0.456 e. The van der Waals surface area contributed by atoms with Crippen molar-refractivity contribution in [3.63, 3.8) is 0 Å². The van der Waals surface area contributed by atoms with Gasteiger partial charge in [0, 0.05) is 30.2 Å². The third kappa shape index (κ3) is 2.58. The molecule has 88 valence electrons. The van der Waals surface area contributed by atoms with Crippen LogP contribution in [0.4, 0.5) is 5.69 Å². The van der Waals surface area contributed by atoms with Gasteiger partial charge in [0.25, 0.3) is 0 Å². The maximum absolute atomic E-state index is 5.88. The molecule has 1 aromatic carbocycles. The van der Waals surface area contributed by atoms with E-state index in [1.165, 1.54) is 0 Å². The van der Waals surface area contributed by atoms with Crippen LogP contribution in [0.25, 0.3) is 0 Å². The Morgan fingerprint density at radius 3 is 2.65 bits per heavy atom. The maximum atomic E-state index is 5.88. The predicted molar refractivity (Wildman–Crippen MR) is 72.3 cm³/mol. The zero-order valence-electron chi connectivity index (χ0n) is 9.70. The first-order valence-electron chi connectivity index (χ1n) is 5.22. The molecule has 2 rings (SSSR count). The minimum absolute atomic E-state index is 0.728. The fourth-order valence-corrected chi connectivity index (χ4v) is 1.85. The maximum Gasteiger partial charge on any atom is 0.144 e.